The third kappa shape index (κ3) is 4.10. The van der Waals surface area contributed by atoms with Gasteiger partial charge in [-0.15, -0.1) is 0 Å². The molecule has 0 aromatic heterocycles. The van der Waals surface area contributed by atoms with E-state index in [4.69, 9.17) is 0 Å². The second-order valence-electron chi connectivity index (χ2n) is 5.71. The maximum Gasteiger partial charge on any atom is 0.0400 e. The summed E-state index contributed by atoms with van der Waals surface area (Å²) in [7, 11) is 4.18. The summed E-state index contributed by atoms with van der Waals surface area (Å²) >= 11 is 0. The Balaban J connectivity index is 2.01. The molecule has 0 saturated heterocycles. The van der Waals surface area contributed by atoms with Gasteiger partial charge in [0.15, 0.2) is 0 Å². The van der Waals surface area contributed by atoms with Crippen LogP contribution in [0.1, 0.15) is 22.3 Å². The zero-order valence-electron chi connectivity index (χ0n) is 12.9. The van der Waals surface area contributed by atoms with Crippen LogP contribution in [0, 0.1) is 13.8 Å². The Kier molecular flexibility index (Phi) is 4.80. The summed E-state index contributed by atoms with van der Waals surface area (Å²) in [4.78, 5) is 2.18. The molecule has 0 radical (unpaired) electrons. The molecule has 0 saturated carbocycles. The molecule has 1 N–H and O–H groups in total. The van der Waals surface area contributed by atoms with Crippen molar-refractivity contribution in [3.05, 3.63) is 64.7 Å². The lowest BCUT2D eigenvalue weighted by atomic mass is 10.1. The van der Waals surface area contributed by atoms with E-state index in [2.05, 4.69) is 80.6 Å². The zero-order valence-corrected chi connectivity index (χ0v) is 12.9. The van der Waals surface area contributed by atoms with Crippen LogP contribution in [0.5, 0.6) is 0 Å². The van der Waals surface area contributed by atoms with Gasteiger partial charge in [-0.25, -0.2) is 0 Å². The maximum atomic E-state index is 3.50. The minimum absolute atomic E-state index is 0.868. The second-order valence-corrected chi connectivity index (χ2v) is 5.71. The normalized spacial score (nSPS) is 10.8. The molecule has 20 heavy (non-hydrogen) atoms. The first-order chi connectivity index (χ1) is 9.54. The van der Waals surface area contributed by atoms with Gasteiger partial charge in [0.2, 0.25) is 0 Å². The first kappa shape index (κ1) is 14.6. The topological polar surface area (TPSA) is 15.3 Å². The minimum Gasteiger partial charge on any atom is -0.381 e. The number of rotatable bonds is 5. The Morgan fingerprint density at radius 2 is 1.70 bits per heavy atom. The van der Waals surface area contributed by atoms with Gasteiger partial charge in [-0.3, -0.25) is 0 Å². The van der Waals surface area contributed by atoms with Crippen molar-refractivity contribution in [1.29, 1.82) is 0 Å². The van der Waals surface area contributed by atoms with Crippen LogP contribution in [-0.2, 0) is 13.1 Å². The molecule has 2 heteroatoms. The van der Waals surface area contributed by atoms with Gasteiger partial charge < -0.3 is 10.2 Å². The summed E-state index contributed by atoms with van der Waals surface area (Å²) in [6.07, 6.45) is 0. The first-order valence-electron chi connectivity index (χ1n) is 7.08. The average Bonchev–Trinajstić information content (AvgIpc) is 2.40. The molecule has 0 fully saturated rings. The molecule has 0 spiro atoms. The SMILES string of the molecule is Cc1ccc(CNc2cccc(CN(C)C)c2)cc1C. The molecule has 0 atom stereocenters. The monoisotopic (exact) mass is 268 g/mol. The van der Waals surface area contributed by atoms with Crippen LogP contribution in [0.15, 0.2) is 42.5 Å². The van der Waals surface area contributed by atoms with E-state index >= 15 is 0 Å². The zero-order chi connectivity index (χ0) is 14.5. The number of nitrogens with one attached hydrogen (secondary N) is 1. The van der Waals surface area contributed by atoms with Crippen molar-refractivity contribution in [1.82, 2.24) is 4.90 Å². The van der Waals surface area contributed by atoms with Crippen molar-refractivity contribution in [3.63, 3.8) is 0 Å². The van der Waals surface area contributed by atoms with Crippen molar-refractivity contribution in [3.8, 4) is 0 Å². The number of hydrogen-bond donors (Lipinski definition) is 1. The molecule has 2 aromatic carbocycles. The fraction of sp³-hybridized carbons (Fsp3) is 0.333. The van der Waals surface area contributed by atoms with Gasteiger partial charge in [0.25, 0.3) is 0 Å². The molecule has 0 unspecified atom stereocenters. The highest BCUT2D eigenvalue weighted by Gasteiger charge is 1.99. The highest BCUT2D eigenvalue weighted by molar-refractivity contribution is 5.46. The van der Waals surface area contributed by atoms with Gasteiger partial charge >= 0.3 is 0 Å². The van der Waals surface area contributed by atoms with E-state index < -0.39 is 0 Å². The van der Waals surface area contributed by atoms with E-state index in [0.29, 0.717) is 0 Å². The van der Waals surface area contributed by atoms with Crippen LogP contribution < -0.4 is 5.32 Å². The van der Waals surface area contributed by atoms with E-state index in [1.807, 2.05) is 0 Å². The molecular formula is C18H24N2. The van der Waals surface area contributed by atoms with Crippen LogP contribution >= 0.6 is 0 Å². The van der Waals surface area contributed by atoms with Crippen molar-refractivity contribution >= 4 is 5.69 Å². The molecule has 0 heterocycles. The Bertz CT molecular complexity index is 573. The fourth-order valence-electron chi connectivity index (χ4n) is 2.26. The largest absolute Gasteiger partial charge is 0.381 e. The summed E-state index contributed by atoms with van der Waals surface area (Å²) < 4.78 is 0. The summed E-state index contributed by atoms with van der Waals surface area (Å²) in [5.41, 5.74) is 6.54. The standard InChI is InChI=1S/C18H24N2/c1-14-8-9-16(10-15(14)2)12-19-18-7-5-6-17(11-18)13-20(3)4/h5-11,19H,12-13H2,1-4H3. The molecule has 0 aliphatic heterocycles. The fourth-order valence-corrected chi connectivity index (χ4v) is 2.26. The van der Waals surface area contributed by atoms with E-state index in [1.165, 1.54) is 27.9 Å². The minimum atomic E-state index is 0.868. The molecular weight excluding hydrogens is 244 g/mol. The van der Waals surface area contributed by atoms with Crippen LogP contribution in [0.2, 0.25) is 0 Å². The van der Waals surface area contributed by atoms with Crippen LogP contribution in [-0.4, -0.2) is 19.0 Å². The summed E-state index contributed by atoms with van der Waals surface area (Å²) in [6, 6.07) is 15.3. The number of aryl methyl sites for hydroxylation is 2. The van der Waals surface area contributed by atoms with E-state index in [1.54, 1.807) is 0 Å². The third-order valence-corrected chi connectivity index (χ3v) is 3.49. The lowest BCUT2D eigenvalue weighted by Gasteiger charge is -2.12. The number of benzene rings is 2. The van der Waals surface area contributed by atoms with Gasteiger partial charge in [0.1, 0.15) is 0 Å². The first-order valence-corrected chi connectivity index (χ1v) is 7.08. The number of nitrogens with zero attached hydrogens (tertiary/aromatic N) is 1. The van der Waals surface area contributed by atoms with Gasteiger partial charge in [-0.05, 0) is 62.3 Å². The lowest BCUT2D eigenvalue weighted by Crippen LogP contribution is -2.10. The Hall–Kier alpha value is -1.80. The smallest absolute Gasteiger partial charge is 0.0400 e. The van der Waals surface area contributed by atoms with Crippen LogP contribution in [0.4, 0.5) is 5.69 Å². The molecule has 106 valence electrons. The van der Waals surface area contributed by atoms with Crippen LogP contribution in [0.25, 0.3) is 0 Å². The van der Waals surface area contributed by atoms with Crippen LogP contribution in [0.3, 0.4) is 0 Å². The summed E-state index contributed by atoms with van der Waals surface area (Å²) in [5.74, 6) is 0. The van der Waals surface area contributed by atoms with E-state index in [0.717, 1.165) is 13.1 Å². The molecule has 0 amide bonds. The molecule has 2 nitrogen and oxygen atoms in total. The molecule has 2 rings (SSSR count). The number of anilines is 1. The quantitative estimate of drug-likeness (QED) is 0.882. The van der Waals surface area contributed by atoms with Crippen molar-refractivity contribution in [2.24, 2.45) is 0 Å². The van der Waals surface area contributed by atoms with Crippen molar-refractivity contribution in [2.75, 3.05) is 19.4 Å². The number of hydrogen-bond acceptors (Lipinski definition) is 2. The van der Waals surface area contributed by atoms with Gasteiger partial charge in [0.05, 0.1) is 0 Å². The van der Waals surface area contributed by atoms with Crippen molar-refractivity contribution in [2.45, 2.75) is 26.9 Å². The average molecular weight is 268 g/mol. The Labute approximate surface area is 122 Å². The Morgan fingerprint density at radius 1 is 0.900 bits per heavy atom. The molecule has 2 aromatic rings. The predicted octanol–water partition coefficient (Wildman–Crippen LogP) is 3.98. The van der Waals surface area contributed by atoms with E-state index in [-0.39, 0.29) is 0 Å². The van der Waals surface area contributed by atoms with Gasteiger partial charge in [-0.2, -0.15) is 0 Å². The molecule has 0 bridgehead atoms. The second kappa shape index (κ2) is 6.58. The highest BCUT2D eigenvalue weighted by Crippen LogP contribution is 2.15. The Morgan fingerprint density at radius 3 is 2.40 bits per heavy atom. The van der Waals surface area contributed by atoms with E-state index in [9.17, 15) is 0 Å². The lowest BCUT2D eigenvalue weighted by molar-refractivity contribution is 0.402. The molecule has 0 aliphatic rings. The van der Waals surface area contributed by atoms with Crippen molar-refractivity contribution < 1.29 is 0 Å². The maximum absolute atomic E-state index is 3.50. The highest BCUT2D eigenvalue weighted by atomic mass is 15.0. The third-order valence-electron chi connectivity index (χ3n) is 3.49. The summed E-state index contributed by atoms with van der Waals surface area (Å²) in [5, 5.41) is 3.50. The predicted molar refractivity (Wildman–Crippen MR) is 87.1 cm³/mol. The summed E-state index contributed by atoms with van der Waals surface area (Å²) in [6.45, 7) is 6.15. The van der Waals surface area contributed by atoms with Gasteiger partial charge in [-0.1, -0.05) is 30.3 Å². The van der Waals surface area contributed by atoms with Gasteiger partial charge in [0, 0.05) is 18.8 Å². The molecule has 0 aliphatic carbocycles.